The molecule has 0 aliphatic rings. The fraction of sp³-hybridized carbons (Fsp3) is 0.176. The molecule has 17 heavy (non-hydrogen) atoms. The molecule has 0 radical (unpaired) electrons. The predicted molar refractivity (Wildman–Crippen MR) is 75.7 cm³/mol. The van der Waals surface area contributed by atoms with Crippen molar-refractivity contribution in [2.45, 2.75) is 20.8 Å². The van der Waals surface area contributed by atoms with E-state index < -0.39 is 0 Å². The van der Waals surface area contributed by atoms with Crippen molar-refractivity contribution in [1.82, 2.24) is 0 Å². The molecular formula is C17H16. The van der Waals surface area contributed by atoms with Crippen LogP contribution in [0.3, 0.4) is 0 Å². The molecule has 0 aromatic heterocycles. The molecule has 84 valence electrons. The second kappa shape index (κ2) is 3.59. The molecule has 3 aromatic rings. The normalized spacial score (nSPS) is 11.2. The molecule has 0 aliphatic heterocycles. The van der Waals surface area contributed by atoms with Crippen LogP contribution in [-0.2, 0) is 0 Å². The first kappa shape index (κ1) is 10.3. The van der Waals surface area contributed by atoms with Crippen molar-refractivity contribution >= 4 is 21.5 Å². The maximum Gasteiger partial charge on any atom is -0.0103 e. The standard InChI is InChI=1S/C17H16/c1-11-4-7-16-14(10-11)6-9-15-13(3)12(2)5-8-17(15)16/h4-10H,1-3H3. The Morgan fingerprint density at radius 3 is 2.18 bits per heavy atom. The molecule has 0 spiro atoms. The van der Waals surface area contributed by atoms with Crippen LogP contribution < -0.4 is 0 Å². The first-order valence-corrected chi connectivity index (χ1v) is 6.06. The minimum atomic E-state index is 1.32. The first-order chi connectivity index (χ1) is 8.16. The van der Waals surface area contributed by atoms with Crippen LogP contribution in [-0.4, -0.2) is 0 Å². The van der Waals surface area contributed by atoms with Gasteiger partial charge in [0, 0.05) is 0 Å². The topological polar surface area (TPSA) is 0 Å². The molecule has 0 bridgehead atoms. The molecule has 0 atom stereocenters. The Kier molecular flexibility index (Phi) is 2.19. The van der Waals surface area contributed by atoms with E-state index in [9.17, 15) is 0 Å². The van der Waals surface area contributed by atoms with Crippen LogP contribution in [0.15, 0.2) is 42.5 Å². The molecule has 0 N–H and O–H groups in total. The minimum absolute atomic E-state index is 1.32. The summed E-state index contributed by atoms with van der Waals surface area (Å²) in [7, 11) is 0. The van der Waals surface area contributed by atoms with Crippen molar-refractivity contribution in [2.24, 2.45) is 0 Å². The lowest BCUT2D eigenvalue weighted by Gasteiger charge is -2.09. The second-order valence-corrected chi connectivity index (χ2v) is 4.89. The number of benzene rings is 3. The molecule has 3 aromatic carbocycles. The Hall–Kier alpha value is -1.82. The van der Waals surface area contributed by atoms with Gasteiger partial charge in [0.1, 0.15) is 0 Å². The van der Waals surface area contributed by atoms with E-state index in [0.717, 1.165) is 0 Å². The van der Waals surface area contributed by atoms with Crippen molar-refractivity contribution in [3.63, 3.8) is 0 Å². The highest BCUT2D eigenvalue weighted by Crippen LogP contribution is 2.29. The lowest BCUT2D eigenvalue weighted by molar-refractivity contribution is 1.38. The van der Waals surface area contributed by atoms with Gasteiger partial charge in [-0.3, -0.25) is 0 Å². The van der Waals surface area contributed by atoms with Gasteiger partial charge in [-0.2, -0.15) is 0 Å². The van der Waals surface area contributed by atoms with Crippen LogP contribution in [0.1, 0.15) is 16.7 Å². The summed E-state index contributed by atoms with van der Waals surface area (Å²) in [5.74, 6) is 0. The SMILES string of the molecule is Cc1ccc2c(ccc3c(C)c(C)ccc32)c1. The quantitative estimate of drug-likeness (QED) is 0.472. The molecule has 0 nitrogen and oxygen atoms in total. The van der Waals surface area contributed by atoms with Gasteiger partial charge in [0.25, 0.3) is 0 Å². The van der Waals surface area contributed by atoms with Gasteiger partial charge in [-0.25, -0.2) is 0 Å². The summed E-state index contributed by atoms with van der Waals surface area (Å²) in [5.41, 5.74) is 4.08. The van der Waals surface area contributed by atoms with E-state index in [2.05, 4.69) is 63.2 Å². The van der Waals surface area contributed by atoms with Crippen LogP contribution >= 0.6 is 0 Å². The molecule has 0 saturated heterocycles. The number of rotatable bonds is 0. The van der Waals surface area contributed by atoms with E-state index in [4.69, 9.17) is 0 Å². The third-order valence-electron chi connectivity index (χ3n) is 3.71. The van der Waals surface area contributed by atoms with E-state index in [1.54, 1.807) is 0 Å². The van der Waals surface area contributed by atoms with E-state index in [-0.39, 0.29) is 0 Å². The van der Waals surface area contributed by atoms with Gasteiger partial charge in [-0.15, -0.1) is 0 Å². The zero-order valence-electron chi connectivity index (χ0n) is 10.5. The summed E-state index contributed by atoms with van der Waals surface area (Å²) < 4.78 is 0. The predicted octanol–water partition coefficient (Wildman–Crippen LogP) is 4.92. The summed E-state index contributed by atoms with van der Waals surface area (Å²) in [5, 5.41) is 5.43. The van der Waals surface area contributed by atoms with Crippen molar-refractivity contribution in [3.8, 4) is 0 Å². The fourth-order valence-corrected chi connectivity index (χ4v) is 2.53. The molecule has 0 saturated carbocycles. The maximum absolute atomic E-state index is 2.25. The maximum atomic E-state index is 2.25. The largest absolute Gasteiger partial charge is 0.0587 e. The van der Waals surface area contributed by atoms with Crippen LogP contribution in [0.2, 0.25) is 0 Å². The van der Waals surface area contributed by atoms with Crippen LogP contribution in [0.5, 0.6) is 0 Å². The number of fused-ring (bicyclic) bond motifs is 3. The lowest BCUT2D eigenvalue weighted by Crippen LogP contribution is -1.85. The van der Waals surface area contributed by atoms with Crippen molar-refractivity contribution in [1.29, 1.82) is 0 Å². The van der Waals surface area contributed by atoms with Gasteiger partial charge in [0.05, 0.1) is 0 Å². The molecule has 0 unspecified atom stereocenters. The average Bonchev–Trinajstić information content (AvgIpc) is 2.33. The zero-order chi connectivity index (χ0) is 12.0. The minimum Gasteiger partial charge on any atom is -0.0587 e. The van der Waals surface area contributed by atoms with E-state index in [1.807, 2.05) is 0 Å². The van der Waals surface area contributed by atoms with E-state index >= 15 is 0 Å². The Morgan fingerprint density at radius 1 is 0.647 bits per heavy atom. The van der Waals surface area contributed by atoms with Gasteiger partial charge in [0.2, 0.25) is 0 Å². The van der Waals surface area contributed by atoms with Crippen LogP contribution in [0, 0.1) is 20.8 Å². The second-order valence-electron chi connectivity index (χ2n) is 4.89. The van der Waals surface area contributed by atoms with Crippen LogP contribution in [0.25, 0.3) is 21.5 Å². The number of hydrogen-bond donors (Lipinski definition) is 0. The van der Waals surface area contributed by atoms with Crippen molar-refractivity contribution in [3.05, 3.63) is 59.2 Å². The fourth-order valence-electron chi connectivity index (χ4n) is 2.53. The molecule has 0 heterocycles. The number of aryl methyl sites for hydroxylation is 3. The first-order valence-electron chi connectivity index (χ1n) is 6.06. The molecule has 0 fully saturated rings. The number of hydrogen-bond acceptors (Lipinski definition) is 0. The molecule has 0 amide bonds. The third-order valence-corrected chi connectivity index (χ3v) is 3.71. The van der Waals surface area contributed by atoms with Crippen molar-refractivity contribution in [2.75, 3.05) is 0 Å². The Labute approximate surface area is 102 Å². The lowest BCUT2D eigenvalue weighted by atomic mass is 9.95. The highest BCUT2D eigenvalue weighted by molar-refractivity contribution is 6.08. The van der Waals surface area contributed by atoms with Gasteiger partial charge >= 0.3 is 0 Å². The van der Waals surface area contributed by atoms with E-state index in [0.29, 0.717) is 0 Å². The van der Waals surface area contributed by atoms with Gasteiger partial charge in [-0.05, 0) is 53.4 Å². The Balaban J connectivity index is 2.53. The summed E-state index contributed by atoms with van der Waals surface area (Å²) in [6, 6.07) is 15.6. The average molecular weight is 220 g/mol. The monoisotopic (exact) mass is 220 g/mol. The van der Waals surface area contributed by atoms with Crippen molar-refractivity contribution < 1.29 is 0 Å². The molecule has 3 rings (SSSR count). The third kappa shape index (κ3) is 1.52. The smallest absolute Gasteiger partial charge is 0.0103 e. The van der Waals surface area contributed by atoms with Gasteiger partial charge in [-0.1, -0.05) is 48.0 Å². The highest BCUT2D eigenvalue weighted by Gasteiger charge is 2.04. The molecule has 0 heteroatoms. The summed E-state index contributed by atoms with van der Waals surface area (Å²) in [6.45, 7) is 6.52. The van der Waals surface area contributed by atoms with Crippen LogP contribution in [0.4, 0.5) is 0 Å². The molecule has 0 aliphatic carbocycles. The van der Waals surface area contributed by atoms with Gasteiger partial charge < -0.3 is 0 Å². The summed E-state index contributed by atoms with van der Waals surface area (Å²) >= 11 is 0. The summed E-state index contributed by atoms with van der Waals surface area (Å²) in [6.07, 6.45) is 0. The zero-order valence-corrected chi connectivity index (χ0v) is 10.5. The van der Waals surface area contributed by atoms with E-state index in [1.165, 1.54) is 38.2 Å². The Bertz CT molecular complexity index is 721. The Morgan fingerprint density at radius 2 is 1.35 bits per heavy atom. The highest BCUT2D eigenvalue weighted by atomic mass is 14.1. The van der Waals surface area contributed by atoms with Gasteiger partial charge in [0.15, 0.2) is 0 Å². The molecular weight excluding hydrogens is 204 g/mol. The summed E-state index contributed by atoms with van der Waals surface area (Å²) in [4.78, 5) is 0.